The summed E-state index contributed by atoms with van der Waals surface area (Å²) in [6.45, 7) is 1.48. The monoisotopic (exact) mass is 427 g/mol. The molecule has 0 atom stereocenters. The van der Waals surface area contributed by atoms with Crippen molar-refractivity contribution in [3.8, 4) is 23.8 Å². The van der Waals surface area contributed by atoms with Gasteiger partial charge in [0.25, 0.3) is 0 Å². The molecule has 7 nitrogen and oxygen atoms in total. The SMILES string of the molecule is C#Cc1cccc(Nc2ncnc3c(Cl)c(OCCOC)c(OCCOC)cc23)c1. The van der Waals surface area contributed by atoms with Crippen molar-refractivity contribution in [3.05, 3.63) is 47.2 Å². The van der Waals surface area contributed by atoms with Crippen molar-refractivity contribution in [1.29, 1.82) is 0 Å². The Morgan fingerprint density at radius 3 is 2.53 bits per heavy atom. The molecule has 0 amide bonds. The second-order valence-corrected chi connectivity index (χ2v) is 6.55. The summed E-state index contributed by atoms with van der Waals surface area (Å²) in [6.07, 6.45) is 6.93. The average Bonchev–Trinajstić information content (AvgIpc) is 2.76. The topological polar surface area (TPSA) is 74.7 Å². The van der Waals surface area contributed by atoms with Crippen molar-refractivity contribution in [1.82, 2.24) is 9.97 Å². The van der Waals surface area contributed by atoms with Gasteiger partial charge in [0.15, 0.2) is 11.5 Å². The summed E-state index contributed by atoms with van der Waals surface area (Å²) in [4.78, 5) is 8.70. The number of nitrogens with one attached hydrogen (secondary N) is 1. The summed E-state index contributed by atoms with van der Waals surface area (Å²) in [5, 5.41) is 4.28. The van der Waals surface area contributed by atoms with Gasteiger partial charge in [0.05, 0.1) is 18.7 Å². The van der Waals surface area contributed by atoms with Crippen molar-refractivity contribution < 1.29 is 18.9 Å². The van der Waals surface area contributed by atoms with Crippen LogP contribution < -0.4 is 14.8 Å². The molecule has 30 heavy (non-hydrogen) atoms. The van der Waals surface area contributed by atoms with E-state index >= 15 is 0 Å². The zero-order valence-corrected chi connectivity index (χ0v) is 17.5. The van der Waals surface area contributed by atoms with Gasteiger partial charge in [-0.2, -0.15) is 0 Å². The van der Waals surface area contributed by atoms with Gasteiger partial charge in [0.1, 0.15) is 30.4 Å². The van der Waals surface area contributed by atoms with Gasteiger partial charge in [0, 0.05) is 30.9 Å². The Morgan fingerprint density at radius 1 is 1.03 bits per heavy atom. The number of anilines is 2. The third-order valence-electron chi connectivity index (χ3n) is 4.16. The van der Waals surface area contributed by atoms with Crippen LogP contribution in [0, 0.1) is 12.3 Å². The van der Waals surface area contributed by atoms with Gasteiger partial charge in [0.2, 0.25) is 0 Å². The Kier molecular flexibility index (Phi) is 7.69. The van der Waals surface area contributed by atoms with Crippen LogP contribution in [0.2, 0.25) is 5.02 Å². The highest BCUT2D eigenvalue weighted by atomic mass is 35.5. The molecule has 0 saturated carbocycles. The first-order chi connectivity index (χ1) is 14.7. The molecule has 156 valence electrons. The first-order valence-corrected chi connectivity index (χ1v) is 9.60. The van der Waals surface area contributed by atoms with Crippen LogP contribution >= 0.6 is 11.6 Å². The Bertz CT molecular complexity index is 1050. The summed E-state index contributed by atoms with van der Waals surface area (Å²) in [7, 11) is 3.20. The maximum Gasteiger partial charge on any atom is 0.182 e. The molecule has 0 saturated heterocycles. The van der Waals surface area contributed by atoms with E-state index in [4.69, 9.17) is 37.0 Å². The highest BCUT2D eigenvalue weighted by Gasteiger charge is 2.19. The molecule has 0 radical (unpaired) electrons. The fourth-order valence-corrected chi connectivity index (χ4v) is 3.04. The van der Waals surface area contributed by atoms with Crippen LogP contribution in [-0.2, 0) is 9.47 Å². The molecule has 2 aromatic carbocycles. The molecule has 0 aliphatic carbocycles. The van der Waals surface area contributed by atoms with E-state index in [-0.39, 0.29) is 0 Å². The van der Waals surface area contributed by atoms with Gasteiger partial charge >= 0.3 is 0 Å². The molecule has 3 rings (SSSR count). The number of ether oxygens (including phenoxy) is 4. The summed E-state index contributed by atoms with van der Waals surface area (Å²) < 4.78 is 21.8. The van der Waals surface area contributed by atoms with E-state index in [1.807, 2.05) is 24.3 Å². The van der Waals surface area contributed by atoms with Gasteiger partial charge in [-0.15, -0.1) is 6.42 Å². The lowest BCUT2D eigenvalue weighted by molar-refractivity contribution is 0.132. The zero-order chi connectivity index (χ0) is 21.3. The Hall–Kier alpha value is -3.05. The molecule has 0 bridgehead atoms. The van der Waals surface area contributed by atoms with E-state index in [1.54, 1.807) is 20.3 Å². The number of rotatable bonds is 10. The number of aromatic nitrogens is 2. The molecular formula is C22H22ClN3O4. The van der Waals surface area contributed by atoms with Crippen molar-refractivity contribution in [2.24, 2.45) is 0 Å². The van der Waals surface area contributed by atoms with E-state index in [2.05, 4.69) is 21.2 Å². The lowest BCUT2D eigenvalue weighted by Gasteiger charge is -2.17. The molecule has 1 N–H and O–H groups in total. The number of methoxy groups -OCH3 is 2. The first-order valence-electron chi connectivity index (χ1n) is 9.22. The van der Waals surface area contributed by atoms with E-state index in [0.29, 0.717) is 59.7 Å². The lowest BCUT2D eigenvalue weighted by Crippen LogP contribution is -2.09. The summed E-state index contributed by atoms with van der Waals surface area (Å²) >= 11 is 6.64. The number of nitrogens with zero attached hydrogens (tertiary/aromatic N) is 2. The van der Waals surface area contributed by atoms with Gasteiger partial charge in [-0.25, -0.2) is 9.97 Å². The summed E-state index contributed by atoms with van der Waals surface area (Å²) in [6, 6.07) is 9.27. The number of terminal acetylenes is 1. The molecule has 0 aliphatic heterocycles. The molecule has 0 spiro atoms. The fourth-order valence-electron chi connectivity index (χ4n) is 2.75. The smallest absolute Gasteiger partial charge is 0.182 e. The van der Waals surface area contributed by atoms with Crippen LogP contribution in [0.15, 0.2) is 36.7 Å². The largest absolute Gasteiger partial charge is 0.487 e. The second kappa shape index (κ2) is 10.6. The van der Waals surface area contributed by atoms with Crippen LogP contribution in [0.1, 0.15) is 5.56 Å². The maximum atomic E-state index is 6.64. The molecule has 0 fully saturated rings. The third-order valence-corrected chi connectivity index (χ3v) is 4.51. The number of halogens is 1. The molecule has 1 aromatic heterocycles. The van der Waals surface area contributed by atoms with Gasteiger partial charge in [-0.05, 0) is 24.3 Å². The third kappa shape index (κ3) is 5.10. The minimum Gasteiger partial charge on any atom is -0.487 e. The molecule has 1 heterocycles. The van der Waals surface area contributed by atoms with Crippen molar-refractivity contribution >= 4 is 34.0 Å². The average molecular weight is 428 g/mol. The number of hydrogen-bond acceptors (Lipinski definition) is 7. The number of fused-ring (bicyclic) bond motifs is 1. The normalized spacial score (nSPS) is 10.6. The predicted octanol–water partition coefficient (Wildman–Crippen LogP) is 4.06. The molecular weight excluding hydrogens is 406 g/mol. The Balaban J connectivity index is 2.03. The van der Waals surface area contributed by atoms with E-state index < -0.39 is 0 Å². The van der Waals surface area contributed by atoms with Gasteiger partial charge < -0.3 is 24.3 Å². The molecule has 8 heteroatoms. The van der Waals surface area contributed by atoms with E-state index in [9.17, 15) is 0 Å². The fraction of sp³-hybridized carbons (Fsp3) is 0.273. The molecule has 0 aliphatic rings. The number of benzene rings is 2. The minimum absolute atomic E-state index is 0.317. The highest BCUT2D eigenvalue weighted by molar-refractivity contribution is 6.37. The van der Waals surface area contributed by atoms with Crippen LogP contribution in [0.4, 0.5) is 11.5 Å². The molecule has 0 unspecified atom stereocenters. The van der Waals surface area contributed by atoms with Crippen molar-refractivity contribution in [2.75, 3.05) is 46.0 Å². The van der Waals surface area contributed by atoms with Crippen LogP contribution in [0.3, 0.4) is 0 Å². The van der Waals surface area contributed by atoms with E-state index in [1.165, 1.54) is 6.33 Å². The molecule has 3 aromatic rings. The first kappa shape index (κ1) is 21.7. The van der Waals surface area contributed by atoms with Crippen molar-refractivity contribution in [2.45, 2.75) is 0 Å². The minimum atomic E-state index is 0.317. The van der Waals surface area contributed by atoms with Crippen molar-refractivity contribution in [3.63, 3.8) is 0 Å². The summed E-state index contributed by atoms with van der Waals surface area (Å²) in [5.74, 6) is 4.05. The lowest BCUT2D eigenvalue weighted by atomic mass is 10.2. The summed E-state index contributed by atoms with van der Waals surface area (Å²) in [5.41, 5.74) is 2.09. The quantitative estimate of drug-likeness (QED) is 0.386. The standard InChI is InChI=1S/C22H22ClN3O4/c1-4-15-6-5-7-16(12-15)26-22-17-13-18(29-10-8-27-2)21(30-11-9-28-3)19(23)20(17)24-14-25-22/h1,5-7,12-14H,8-11H2,2-3H3,(H,24,25,26). The van der Waals surface area contributed by atoms with Gasteiger partial charge in [-0.1, -0.05) is 23.6 Å². The highest BCUT2D eigenvalue weighted by Crippen LogP contribution is 2.42. The van der Waals surface area contributed by atoms with Crippen LogP contribution in [-0.4, -0.2) is 50.6 Å². The number of hydrogen-bond donors (Lipinski definition) is 1. The second-order valence-electron chi connectivity index (χ2n) is 6.17. The van der Waals surface area contributed by atoms with Crippen LogP contribution in [0.5, 0.6) is 11.5 Å². The van der Waals surface area contributed by atoms with E-state index in [0.717, 1.165) is 11.3 Å². The Labute approximate surface area is 180 Å². The zero-order valence-electron chi connectivity index (χ0n) is 16.8. The predicted molar refractivity (Wildman–Crippen MR) is 117 cm³/mol. The Morgan fingerprint density at radius 2 is 1.80 bits per heavy atom. The van der Waals surface area contributed by atoms with Gasteiger partial charge in [-0.3, -0.25) is 0 Å². The van der Waals surface area contributed by atoms with Crippen LogP contribution in [0.25, 0.3) is 10.9 Å². The maximum absolute atomic E-state index is 6.64.